The highest BCUT2D eigenvalue weighted by Crippen LogP contribution is 2.32. The van der Waals surface area contributed by atoms with Crippen LogP contribution in [0.2, 0.25) is 0 Å². The van der Waals surface area contributed by atoms with E-state index in [4.69, 9.17) is 0 Å². The summed E-state index contributed by atoms with van der Waals surface area (Å²) in [5, 5.41) is 6.73. The number of benzene rings is 2. The van der Waals surface area contributed by atoms with E-state index in [9.17, 15) is 9.18 Å². The lowest BCUT2D eigenvalue weighted by atomic mass is 10.1. The fraction of sp³-hybridized carbons (Fsp3) is 0.143. The topological polar surface area (TPSA) is 45.2 Å². The van der Waals surface area contributed by atoms with Gasteiger partial charge in [-0.25, -0.2) is 9.37 Å². The highest BCUT2D eigenvalue weighted by atomic mass is 32.2. The molecule has 7 heteroatoms. The molecule has 1 aliphatic heterocycles. The molecule has 2 heterocycles. The molecule has 1 aromatic heterocycles. The third-order valence-electron chi connectivity index (χ3n) is 4.26. The van der Waals surface area contributed by atoms with Crippen molar-refractivity contribution in [2.75, 3.05) is 17.6 Å². The second kappa shape index (κ2) is 8.16. The number of hydrogen-bond donors (Lipinski definition) is 1. The summed E-state index contributed by atoms with van der Waals surface area (Å²) in [6.45, 7) is 2.69. The molecule has 0 saturated carbocycles. The number of aromatic nitrogens is 1. The summed E-state index contributed by atoms with van der Waals surface area (Å²) in [6.07, 6.45) is 1.94. The second-order valence-electron chi connectivity index (χ2n) is 6.36. The van der Waals surface area contributed by atoms with Gasteiger partial charge in [0.05, 0.1) is 10.7 Å². The van der Waals surface area contributed by atoms with Crippen LogP contribution in [0.5, 0.6) is 0 Å². The molecule has 0 spiro atoms. The van der Waals surface area contributed by atoms with Gasteiger partial charge in [-0.05, 0) is 49.4 Å². The predicted octanol–water partition coefficient (Wildman–Crippen LogP) is 5.52. The maximum atomic E-state index is 13.0. The molecular formula is C21H18FN3OS2. The average Bonchev–Trinajstić information content (AvgIpc) is 3.33. The monoisotopic (exact) mass is 411 g/mol. The molecule has 0 bridgehead atoms. The smallest absolute Gasteiger partial charge is 0.258 e. The van der Waals surface area contributed by atoms with E-state index in [1.165, 1.54) is 23.5 Å². The first-order valence-corrected chi connectivity index (χ1v) is 10.7. The Hall–Kier alpha value is -2.64. The van der Waals surface area contributed by atoms with Crippen LogP contribution in [0.1, 0.15) is 21.6 Å². The first-order chi connectivity index (χ1) is 13.6. The lowest BCUT2D eigenvalue weighted by Gasteiger charge is -2.17. The van der Waals surface area contributed by atoms with E-state index in [0.717, 1.165) is 32.9 Å². The van der Waals surface area contributed by atoms with Crippen molar-refractivity contribution in [2.24, 2.45) is 0 Å². The van der Waals surface area contributed by atoms with Crippen molar-refractivity contribution in [1.82, 2.24) is 9.88 Å². The van der Waals surface area contributed by atoms with Gasteiger partial charge in [0.1, 0.15) is 5.82 Å². The Balaban J connectivity index is 1.50. The first-order valence-electron chi connectivity index (χ1n) is 8.80. The van der Waals surface area contributed by atoms with E-state index in [-0.39, 0.29) is 11.7 Å². The number of carbonyl (C=O) groups is 1. The molecule has 0 radical (unpaired) electrons. The molecule has 1 saturated heterocycles. The lowest BCUT2D eigenvalue weighted by molar-refractivity contribution is 0.0831. The van der Waals surface area contributed by atoms with Crippen LogP contribution in [-0.4, -0.2) is 28.1 Å². The van der Waals surface area contributed by atoms with Gasteiger partial charge in [-0.3, -0.25) is 4.79 Å². The Morgan fingerprint density at radius 2 is 1.93 bits per heavy atom. The number of nitrogens with zero attached hydrogens (tertiary/aromatic N) is 2. The first kappa shape index (κ1) is 18.7. The van der Waals surface area contributed by atoms with Gasteiger partial charge in [0.25, 0.3) is 5.91 Å². The minimum absolute atomic E-state index is 0.0103. The predicted molar refractivity (Wildman–Crippen MR) is 114 cm³/mol. The van der Waals surface area contributed by atoms with Gasteiger partial charge in [-0.1, -0.05) is 17.7 Å². The van der Waals surface area contributed by atoms with Gasteiger partial charge in [0.2, 0.25) is 0 Å². The molecule has 1 fully saturated rings. The van der Waals surface area contributed by atoms with E-state index in [1.54, 1.807) is 23.9 Å². The molecule has 0 unspecified atom stereocenters. The van der Waals surface area contributed by atoms with Gasteiger partial charge in [-0.15, -0.1) is 23.1 Å². The van der Waals surface area contributed by atoms with Crippen molar-refractivity contribution >= 4 is 45.9 Å². The van der Waals surface area contributed by atoms with Crippen LogP contribution in [0.3, 0.4) is 0 Å². The van der Waals surface area contributed by atoms with Gasteiger partial charge < -0.3 is 10.2 Å². The number of aryl methyl sites for hydroxylation is 1. The zero-order valence-electron chi connectivity index (χ0n) is 15.2. The van der Waals surface area contributed by atoms with Crippen LogP contribution in [0.25, 0.3) is 6.08 Å². The lowest BCUT2D eigenvalue weighted by Crippen LogP contribution is -2.26. The summed E-state index contributed by atoms with van der Waals surface area (Å²) in [5.74, 6) is 0.608. The Kier molecular flexibility index (Phi) is 5.45. The van der Waals surface area contributed by atoms with E-state index >= 15 is 0 Å². The quantitative estimate of drug-likeness (QED) is 0.614. The van der Waals surface area contributed by atoms with Crippen LogP contribution in [0.4, 0.5) is 15.2 Å². The normalized spacial score (nSPS) is 15.2. The number of hydrogen-bond acceptors (Lipinski definition) is 5. The number of carbonyl (C=O) groups excluding carboxylic acids is 1. The molecule has 0 aliphatic carbocycles. The van der Waals surface area contributed by atoms with Gasteiger partial charge >= 0.3 is 0 Å². The average molecular weight is 412 g/mol. The Bertz CT molecular complexity index is 1010. The van der Waals surface area contributed by atoms with Crippen molar-refractivity contribution < 1.29 is 9.18 Å². The minimum Gasteiger partial charge on any atom is -0.332 e. The van der Waals surface area contributed by atoms with Crippen LogP contribution in [-0.2, 0) is 0 Å². The van der Waals surface area contributed by atoms with Crippen molar-refractivity contribution in [2.45, 2.75) is 6.92 Å². The third-order valence-corrected chi connectivity index (χ3v) is 6.06. The number of nitrogens with one attached hydrogen (secondary N) is 1. The van der Waals surface area contributed by atoms with Crippen molar-refractivity contribution in [3.05, 3.63) is 81.6 Å². The maximum Gasteiger partial charge on any atom is 0.258 e. The van der Waals surface area contributed by atoms with Crippen LogP contribution < -0.4 is 5.32 Å². The van der Waals surface area contributed by atoms with Crippen molar-refractivity contribution in [3.63, 3.8) is 0 Å². The Morgan fingerprint density at radius 3 is 2.68 bits per heavy atom. The van der Waals surface area contributed by atoms with Crippen LogP contribution >= 0.6 is 23.1 Å². The molecule has 4 rings (SSSR count). The van der Waals surface area contributed by atoms with Gasteiger partial charge in [-0.2, -0.15) is 0 Å². The minimum atomic E-state index is -0.272. The molecule has 142 valence electrons. The fourth-order valence-electron chi connectivity index (χ4n) is 2.80. The standard InChI is InChI=1S/C21H18FN3OS2/c1-14-2-4-15(5-3-14)20(26)25-10-11-27-19(25)12-18-13-28-21(24-18)23-17-8-6-16(22)7-9-17/h2-9,12-13H,10-11H2,1H3,(H,23,24)/b19-12+. The molecule has 0 atom stereocenters. The Labute approximate surface area is 171 Å². The summed E-state index contributed by atoms with van der Waals surface area (Å²) in [5.41, 5.74) is 3.39. The highest BCUT2D eigenvalue weighted by molar-refractivity contribution is 8.03. The molecule has 3 aromatic rings. The van der Waals surface area contributed by atoms with Crippen LogP contribution in [0.15, 0.2) is 58.9 Å². The zero-order chi connectivity index (χ0) is 19.5. The number of thioether (sulfide) groups is 1. The maximum absolute atomic E-state index is 13.0. The van der Waals surface area contributed by atoms with Gasteiger partial charge in [0.15, 0.2) is 5.13 Å². The van der Waals surface area contributed by atoms with Crippen LogP contribution in [0, 0.1) is 12.7 Å². The molecular weight excluding hydrogens is 393 g/mol. The zero-order valence-corrected chi connectivity index (χ0v) is 16.8. The van der Waals surface area contributed by atoms with Crippen molar-refractivity contribution in [3.8, 4) is 0 Å². The largest absolute Gasteiger partial charge is 0.332 e. The number of thiazole rings is 1. The molecule has 4 nitrogen and oxygen atoms in total. The second-order valence-corrected chi connectivity index (χ2v) is 8.34. The molecule has 2 aromatic carbocycles. The molecule has 28 heavy (non-hydrogen) atoms. The Morgan fingerprint density at radius 1 is 1.18 bits per heavy atom. The van der Waals surface area contributed by atoms with E-state index in [2.05, 4.69) is 10.3 Å². The number of anilines is 2. The summed E-state index contributed by atoms with van der Waals surface area (Å²) < 4.78 is 13.0. The molecule has 1 aliphatic rings. The SMILES string of the molecule is Cc1ccc(C(=O)N2CCS/C2=C/c2csc(Nc3ccc(F)cc3)n2)cc1. The van der Waals surface area contributed by atoms with E-state index in [1.807, 2.05) is 47.5 Å². The molecule has 1 amide bonds. The third kappa shape index (κ3) is 4.26. The number of rotatable bonds is 4. The van der Waals surface area contributed by atoms with E-state index < -0.39 is 0 Å². The number of halogens is 1. The molecule has 1 N–H and O–H groups in total. The summed E-state index contributed by atoms with van der Waals surface area (Å²) in [6, 6.07) is 13.8. The van der Waals surface area contributed by atoms with Gasteiger partial charge in [0, 0.05) is 28.9 Å². The summed E-state index contributed by atoms with van der Waals surface area (Å²) in [7, 11) is 0. The highest BCUT2D eigenvalue weighted by Gasteiger charge is 2.25. The van der Waals surface area contributed by atoms with E-state index in [0.29, 0.717) is 12.1 Å². The fourth-order valence-corrected chi connectivity index (χ4v) is 4.50. The summed E-state index contributed by atoms with van der Waals surface area (Å²) in [4.78, 5) is 19.2. The van der Waals surface area contributed by atoms with Crippen molar-refractivity contribution in [1.29, 1.82) is 0 Å². The number of amides is 1. The summed E-state index contributed by atoms with van der Waals surface area (Å²) >= 11 is 3.12.